The lowest BCUT2D eigenvalue weighted by Crippen LogP contribution is -2.28. The number of hydrogen-bond donors (Lipinski definition) is 2. The second-order valence-electron chi connectivity index (χ2n) is 4.54. The van der Waals surface area contributed by atoms with Gasteiger partial charge in [0.15, 0.2) is 0 Å². The molecule has 0 spiro atoms. The molecule has 3 heteroatoms. The van der Waals surface area contributed by atoms with Gasteiger partial charge in [-0.2, -0.15) is 0 Å². The Bertz CT molecular complexity index is 462. The van der Waals surface area contributed by atoms with Gasteiger partial charge in [0.2, 0.25) is 0 Å². The molecular weight excluding hydrogens is 216 g/mol. The van der Waals surface area contributed by atoms with Crippen molar-refractivity contribution < 1.29 is 0 Å². The van der Waals surface area contributed by atoms with Gasteiger partial charge in [0.05, 0.1) is 0 Å². The summed E-state index contributed by atoms with van der Waals surface area (Å²) in [6, 6.07) is 8.76. The van der Waals surface area contributed by atoms with E-state index in [2.05, 4.69) is 48.9 Å². The van der Waals surface area contributed by atoms with Crippen molar-refractivity contribution in [1.82, 2.24) is 5.43 Å². The molecule has 86 valence electrons. The molecule has 16 heavy (non-hydrogen) atoms. The summed E-state index contributed by atoms with van der Waals surface area (Å²) in [6.07, 6.45) is 1.07. The van der Waals surface area contributed by atoms with Gasteiger partial charge in [-0.3, -0.25) is 11.3 Å². The van der Waals surface area contributed by atoms with E-state index in [1.54, 1.807) is 11.3 Å². The Hall–Kier alpha value is -0.900. The monoisotopic (exact) mass is 234 g/mol. The molecule has 1 heterocycles. The maximum atomic E-state index is 5.66. The summed E-state index contributed by atoms with van der Waals surface area (Å²) in [6.45, 7) is 4.44. The quantitative estimate of drug-likeness (QED) is 0.628. The lowest BCUT2D eigenvalue weighted by molar-refractivity contribution is 0.441. The first-order valence-corrected chi connectivity index (χ1v) is 6.52. The van der Waals surface area contributed by atoms with E-state index in [-0.39, 0.29) is 6.04 Å². The Labute approximate surface area is 100 Å². The summed E-state index contributed by atoms with van der Waals surface area (Å²) in [5.74, 6) is 6.30. The highest BCUT2D eigenvalue weighted by Gasteiger charge is 2.15. The number of thiophene rings is 1. The summed E-state index contributed by atoms with van der Waals surface area (Å²) in [7, 11) is 0. The van der Waals surface area contributed by atoms with Crippen LogP contribution in [-0.4, -0.2) is 0 Å². The smallest absolute Gasteiger partial charge is 0.0476 e. The Kier molecular flexibility index (Phi) is 3.59. The second kappa shape index (κ2) is 4.95. The fourth-order valence-corrected chi connectivity index (χ4v) is 3.04. The third-order valence-corrected chi connectivity index (χ3v) is 3.78. The zero-order chi connectivity index (χ0) is 11.5. The molecule has 0 saturated heterocycles. The lowest BCUT2D eigenvalue weighted by atomic mass is 9.97. The van der Waals surface area contributed by atoms with Crippen LogP contribution < -0.4 is 11.3 Å². The number of fused-ring (bicyclic) bond motifs is 1. The van der Waals surface area contributed by atoms with Gasteiger partial charge in [-0.25, -0.2) is 0 Å². The number of benzene rings is 1. The molecule has 0 bridgehead atoms. The predicted molar refractivity (Wildman–Crippen MR) is 71.3 cm³/mol. The standard InChI is InChI=1S/C13H18N2S/c1-9(2)7-12(15-14)11-8-16-13-6-4-3-5-10(11)13/h3-6,8-9,12,15H,7,14H2,1-2H3. The third-order valence-electron chi connectivity index (χ3n) is 2.79. The van der Waals surface area contributed by atoms with Crippen LogP contribution in [0.1, 0.15) is 31.9 Å². The second-order valence-corrected chi connectivity index (χ2v) is 5.45. The molecule has 0 aliphatic heterocycles. The topological polar surface area (TPSA) is 38.0 Å². The van der Waals surface area contributed by atoms with Crippen molar-refractivity contribution >= 4 is 21.4 Å². The molecular formula is C13H18N2S. The van der Waals surface area contributed by atoms with Crippen LogP contribution in [0.15, 0.2) is 29.6 Å². The molecule has 0 amide bonds. The first-order valence-electron chi connectivity index (χ1n) is 5.64. The molecule has 1 aromatic carbocycles. The number of rotatable bonds is 4. The minimum Gasteiger partial charge on any atom is -0.271 e. The van der Waals surface area contributed by atoms with Crippen molar-refractivity contribution in [3.8, 4) is 0 Å². The molecule has 1 unspecified atom stereocenters. The normalized spacial score (nSPS) is 13.5. The highest BCUT2D eigenvalue weighted by Crippen LogP contribution is 2.32. The van der Waals surface area contributed by atoms with Crippen LogP contribution >= 0.6 is 11.3 Å². The summed E-state index contributed by atoms with van der Waals surface area (Å²) >= 11 is 1.79. The van der Waals surface area contributed by atoms with Crippen LogP contribution in [0.4, 0.5) is 0 Å². The molecule has 0 radical (unpaired) electrons. The third kappa shape index (κ3) is 2.26. The van der Waals surface area contributed by atoms with Crippen LogP contribution in [0.25, 0.3) is 10.1 Å². The fourth-order valence-electron chi connectivity index (χ4n) is 2.02. The number of hydrogen-bond acceptors (Lipinski definition) is 3. The summed E-state index contributed by atoms with van der Waals surface area (Å²) in [5.41, 5.74) is 4.26. The first kappa shape index (κ1) is 11.6. The highest BCUT2D eigenvalue weighted by molar-refractivity contribution is 7.17. The Morgan fingerprint density at radius 3 is 2.75 bits per heavy atom. The highest BCUT2D eigenvalue weighted by atomic mass is 32.1. The van der Waals surface area contributed by atoms with E-state index in [0.29, 0.717) is 5.92 Å². The van der Waals surface area contributed by atoms with Crippen LogP contribution in [0, 0.1) is 5.92 Å². The molecule has 2 nitrogen and oxygen atoms in total. The van der Waals surface area contributed by atoms with Crippen LogP contribution in [0.3, 0.4) is 0 Å². The Morgan fingerprint density at radius 1 is 1.31 bits per heavy atom. The van der Waals surface area contributed by atoms with Gasteiger partial charge in [-0.15, -0.1) is 11.3 Å². The maximum Gasteiger partial charge on any atom is 0.0476 e. The van der Waals surface area contributed by atoms with E-state index >= 15 is 0 Å². The van der Waals surface area contributed by atoms with Gasteiger partial charge in [-0.05, 0) is 34.7 Å². The SMILES string of the molecule is CC(C)CC(NN)c1csc2ccccc12. The van der Waals surface area contributed by atoms with Crippen LogP contribution in [-0.2, 0) is 0 Å². The summed E-state index contributed by atoms with van der Waals surface area (Å²) in [4.78, 5) is 0. The van der Waals surface area contributed by atoms with Gasteiger partial charge >= 0.3 is 0 Å². The molecule has 0 saturated carbocycles. The Balaban J connectivity index is 2.37. The first-order chi connectivity index (χ1) is 7.72. The zero-order valence-corrected chi connectivity index (χ0v) is 10.6. The van der Waals surface area contributed by atoms with Gasteiger partial charge in [0, 0.05) is 10.7 Å². The minimum absolute atomic E-state index is 0.260. The maximum absolute atomic E-state index is 5.66. The van der Waals surface area contributed by atoms with Gasteiger partial charge in [0.25, 0.3) is 0 Å². The van der Waals surface area contributed by atoms with Crippen molar-refractivity contribution in [2.75, 3.05) is 0 Å². The largest absolute Gasteiger partial charge is 0.271 e. The molecule has 1 aromatic heterocycles. The average molecular weight is 234 g/mol. The summed E-state index contributed by atoms with van der Waals surface area (Å²) < 4.78 is 1.33. The van der Waals surface area contributed by atoms with Crippen molar-refractivity contribution in [1.29, 1.82) is 0 Å². The van der Waals surface area contributed by atoms with Gasteiger partial charge in [-0.1, -0.05) is 32.0 Å². The van der Waals surface area contributed by atoms with Crippen molar-refractivity contribution in [3.63, 3.8) is 0 Å². The fraction of sp³-hybridized carbons (Fsp3) is 0.385. The predicted octanol–water partition coefficient (Wildman–Crippen LogP) is 3.45. The van der Waals surface area contributed by atoms with E-state index in [1.807, 2.05) is 0 Å². The molecule has 0 aliphatic rings. The van der Waals surface area contributed by atoms with Gasteiger partial charge < -0.3 is 0 Å². The molecule has 3 N–H and O–H groups in total. The van der Waals surface area contributed by atoms with Crippen LogP contribution in [0.5, 0.6) is 0 Å². The van der Waals surface area contributed by atoms with E-state index in [0.717, 1.165) is 6.42 Å². The van der Waals surface area contributed by atoms with E-state index in [9.17, 15) is 0 Å². The molecule has 0 fully saturated rings. The average Bonchev–Trinajstić information content (AvgIpc) is 2.69. The van der Waals surface area contributed by atoms with Gasteiger partial charge in [0.1, 0.15) is 0 Å². The van der Waals surface area contributed by atoms with Crippen LogP contribution in [0.2, 0.25) is 0 Å². The van der Waals surface area contributed by atoms with Crippen molar-refractivity contribution in [2.45, 2.75) is 26.3 Å². The number of nitrogens with two attached hydrogens (primary N) is 1. The molecule has 2 rings (SSSR count). The molecule has 2 aromatic rings. The molecule has 1 atom stereocenters. The van der Waals surface area contributed by atoms with E-state index < -0.39 is 0 Å². The lowest BCUT2D eigenvalue weighted by Gasteiger charge is -2.17. The van der Waals surface area contributed by atoms with E-state index in [1.165, 1.54) is 15.6 Å². The van der Waals surface area contributed by atoms with Crippen molar-refractivity contribution in [3.05, 3.63) is 35.2 Å². The number of nitrogens with one attached hydrogen (secondary N) is 1. The number of hydrazine groups is 1. The summed E-state index contributed by atoms with van der Waals surface area (Å²) in [5, 5.41) is 3.55. The Morgan fingerprint density at radius 2 is 2.06 bits per heavy atom. The zero-order valence-electron chi connectivity index (χ0n) is 9.73. The van der Waals surface area contributed by atoms with Crippen molar-refractivity contribution in [2.24, 2.45) is 11.8 Å². The van der Waals surface area contributed by atoms with E-state index in [4.69, 9.17) is 5.84 Å². The minimum atomic E-state index is 0.260. The molecule has 0 aliphatic carbocycles.